The highest BCUT2D eigenvalue weighted by atomic mass is 79.9. The lowest BCUT2D eigenvalue weighted by Gasteiger charge is -2.08. The van der Waals surface area contributed by atoms with E-state index in [4.69, 9.17) is 11.6 Å². The smallest absolute Gasteiger partial charge is 0.251 e. The molecule has 0 unspecified atom stereocenters. The molecular weight excluding hydrogens is 338 g/mol. The molecule has 0 saturated carbocycles. The van der Waals surface area contributed by atoms with Crippen molar-refractivity contribution in [2.75, 3.05) is 6.54 Å². The Hall–Kier alpha value is -1.32. The molecule has 2 aromatic carbocycles. The van der Waals surface area contributed by atoms with Gasteiger partial charge in [0.15, 0.2) is 0 Å². The highest BCUT2D eigenvalue weighted by Gasteiger charge is 2.08. The van der Waals surface area contributed by atoms with E-state index < -0.39 is 0 Å². The monoisotopic (exact) mass is 351 g/mol. The summed E-state index contributed by atoms with van der Waals surface area (Å²) in [6, 6.07) is 13.3. The average molecular weight is 353 g/mol. The predicted octanol–water partition coefficient (Wildman–Crippen LogP) is 4.38. The van der Waals surface area contributed by atoms with Gasteiger partial charge in [0.1, 0.15) is 0 Å². The van der Waals surface area contributed by atoms with Crippen molar-refractivity contribution in [1.29, 1.82) is 0 Å². The van der Waals surface area contributed by atoms with Gasteiger partial charge in [0.2, 0.25) is 0 Å². The van der Waals surface area contributed by atoms with Crippen molar-refractivity contribution in [3.63, 3.8) is 0 Å². The summed E-state index contributed by atoms with van der Waals surface area (Å²) in [4.78, 5) is 12.1. The van der Waals surface area contributed by atoms with Crippen LogP contribution >= 0.6 is 27.5 Å². The maximum atomic E-state index is 12.1. The molecule has 0 aliphatic heterocycles. The number of benzene rings is 2. The zero-order valence-corrected chi connectivity index (χ0v) is 13.5. The second kappa shape index (κ2) is 6.91. The van der Waals surface area contributed by atoms with Gasteiger partial charge in [-0.05, 0) is 54.8 Å². The molecule has 0 spiro atoms. The number of nitrogens with one attached hydrogen (secondary N) is 1. The van der Waals surface area contributed by atoms with Crippen LogP contribution in [0.25, 0.3) is 0 Å². The van der Waals surface area contributed by atoms with Crippen molar-refractivity contribution in [3.8, 4) is 0 Å². The van der Waals surface area contributed by atoms with E-state index in [9.17, 15) is 4.79 Å². The zero-order valence-electron chi connectivity index (χ0n) is 11.1. The van der Waals surface area contributed by atoms with Gasteiger partial charge < -0.3 is 5.32 Å². The van der Waals surface area contributed by atoms with E-state index in [0.29, 0.717) is 12.1 Å². The molecule has 0 radical (unpaired) electrons. The van der Waals surface area contributed by atoms with Crippen LogP contribution < -0.4 is 5.32 Å². The van der Waals surface area contributed by atoms with Gasteiger partial charge in [0.25, 0.3) is 5.91 Å². The van der Waals surface area contributed by atoms with E-state index in [0.717, 1.165) is 27.0 Å². The summed E-state index contributed by atoms with van der Waals surface area (Å²) in [5.41, 5.74) is 2.78. The van der Waals surface area contributed by atoms with Crippen molar-refractivity contribution in [1.82, 2.24) is 5.32 Å². The highest BCUT2D eigenvalue weighted by molar-refractivity contribution is 9.10. The fourth-order valence-electron chi connectivity index (χ4n) is 1.99. The maximum absolute atomic E-state index is 12.1. The van der Waals surface area contributed by atoms with Crippen LogP contribution in [0.5, 0.6) is 0 Å². The first-order valence-electron chi connectivity index (χ1n) is 6.35. The van der Waals surface area contributed by atoms with Gasteiger partial charge in [0.05, 0.1) is 0 Å². The molecule has 2 nitrogen and oxygen atoms in total. The largest absolute Gasteiger partial charge is 0.352 e. The van der Waals surface area contributed by atoms with Gasteiger partial charge in [-0.3, -0.25) is 4.79 Å². The fourth-order valence-corrected chi connectivity index (χ4v) is 2.68. The third-order valence-electron chi connectivity index (χ3n) is 3.02. The van der Waals surface area contributed by atoms with Gasteiger partial charge in [-0.25, -0.2) is 0 Å². The van der Waals surface area contributed by atoms with Crippen LogP contribution in [0, 0.1) is 6.92 Å². The molecule has 2 rings (SSSR count). The van der Waals surface area contributed by atoms with Crippen LogP contribution in [0.3, 0.4) is 0 Å². The van der Waals surface area contributed by atoms with Crippen molar-refractivity contribution >= 4 is 33.4 Å². The Bertz CT molecular complexity index is 628. The van der Waals surface area contributed by atoms with Crippen molar-refractivity contribution in [2.45, 2.75) is 13.3 Å². The van der Waals surface area contributed by atoms with E-state index in [1.807, 2.05) is 49.4 Å². The van der Waals surface area contributed by atoms with Crippen molar-refractivity contribution in [3.05, 3.63) is 68.7 Å². The molecule has 0 atom stereocenters. The third kappa shape index (κ3) is 4.09. The molecule has 20 heavy (non-hydrogen) atoms. The second-order valence-corrected chi connectivity index (χ2v) is 5.95. The first-order valence-corrected chi connectivity index (χ1v) is 7.52. The summed E-state index contributed by atoms with van der Waals surface area (Å²) in [7, 11) is 0. The number of amides is 1. The maximum Gasteiger partial charge on any atom is 0.251 e. The van der Waals surface area contributed by atoms with Gasteiger partial charge in [-0.15, -0.1) is 0 Å². The predicted molar refractivity (Wildman–Crippen MR) is 86.4 cm³/mol. The Balaban J connectivity index is 1.92. The molecule has 0 saturated heterocycles. The Morgan fingerprint density at radius 2 is 2.05 bits per heavy atom. The van der Waals surface area contributed by atoms with Crippen LogP contribution in [0.1, 0.15) is 21.5 Å². The summed E-state index contributed by atoms with van der Waals surface area (Å²) in [6.45, 7) is 2.52. The molecule has 0 heterocycles. The first kappa shape index (κ1) is 15.1. The van der Waals surface area contributed by atoms with Gasteiger partial charge in [-0.2, -0.15) is 0 Å². The lowest BCUT2D eigenvalue weighted by molar-refractivity contribution is 0.0953. The van der Waals surface area contributed by atoms with Crippen LogP contribution in [-0.2, 0) is 6.42 Å². The quantitative estimate of drug-likeness (QED) is 0.869. The molecule has 1 amide bonds. The number of halogens is 2. The van der Waals surface area contributed by atoms with Gasteiger partial charge >= 0.3 is 0 Å². The van der Waals surface area contributed by atoms with E-state index in [1.54, 1.807) is 0 Å². The van der Waals surface area contributed by atoms with E-state index in [-0.39, 0.29) is 5.91 Å². The minimum atomic E-state index is -0.0444. The molecule has 0 bridgehead atoms. The summed E-state index contributed by atoms with van der Waals surface area (Å²) < 4.78 is 0.977. The van der Waals surface area contributed by atoms with Crippen LogP contribution in [0.2, 0.25) is 5.02 Å². The van der Waals surface area contributed by atoms with Gasteiger partial charge in [-0.1, -0.05) is 39.7 Å². The van der Waals surface area contributed by atoms with Gasteiger partial charge in [0, 0.05) is 21.6 Å². The highest BCUT2D eigenvalue weighted by Crippen LogP contribution is 2.16. The molecule has 4 heteroatoms. The lowest BCUT2D eigenvalue weighted by atomic mass is 10.1. The minimum absolute atomic E-state index is 0.0444. The summed E-state index contributed by atoms with van der Waals surface area (Å²) in [6.07, 6.45) is 0.766. The summed E-state index contributed by atoms with van der Waals surface area (Å²) >= 11 is 9.32. The Morgan fingerprint density at radius 1 is 1.25 bits per heavy atom. The molecule has 0 fully saturated rings. The Kier molecular flexibility index (Phi) is 5.21. The summed E-state index contributed by atoms with van der Waals surface area (Å²) in [5.74, 6) is -0.0444. The molecule has 104 valence electrons. The Morgan fingerprint density at radius 3 is 2.75 bits per heavy atom. The van der Waals surface area contributed by atoms with Crippen molar-refractivity contribution < 1.29 is 4.79 Å². The fraction of sp³-hybridized carbons (Fsp3) is 0.188. The molecule has 0 aromatic heterocycles. The number of carbonyl (C=O) groups excluding carboxylic acids is 1. The Labute approximate surface area is 132 Å². The normalized spacial score (nSPS) is 10.3. The number of hydrogen-bond donors (Lipinski definition) is 1. The van der Waals surface area contributed by atoms with E-state index >= 15 is 0 Å². The van der Waals surface area contributed by atoms with Crippen LogP contribution in [0.15, 0.2) is 46.9 Å². The number of aryl methyl sites for hydroxylation is 1. The minimum Gasteiger partial charge on any atom is -0.352 e. The number of rotatable bonds is 4. The second-order valence-electron chi connectivity index (χ2n) is 4.60. The average Bonchev–Trinajstić information content (AvgIpc) is 2.38. The topological polar surface area (TPSA) is 29.1 Å². The number of carbonyl (C=O) groups is 1. The van der Waals surface area contributed by atoms with Crippen LogP contribution in [0.4, 0.5) is 0 Å². The van der Waals surface area contributed by atoms with Crippen molar-refractivity contribution in [2.24, 2.45) is 0 Å². The third-order valence-corrected chi connectivity index (χ3v) is 3.75. The lowest BCUT2D eigenvalue weighted by Crippen LogP contribution is -2.26. The van der Waals surface area contributed by atoms with Crippen LogP contribution in [-0.4, -0.2) is 12.5 Å². The SMILES string of the molecule is Cc1cc(Br)ccc1C(=O)NCCc1cccc(Cl)c1. The number of hydrogen-bond acceptors (Lipinski definition) is 1. The molecule has 0 aliphatic rings. The molecule has 0 aliphatic carbocycles. The van der Waals surface area contributed by atoms with E-state index in [2.05, 4.69) is 21.2 Å². The molecule has 2 aromatic rings. The summed E-state index contributed by atoms with van der Waals surface area (Å²) in [5, 5.41) is 3.65. The van der Waals surface area contributed by atoms with E-state index in [1.165, 1.54) is 0 Å². The standard InChI is InChI=1S/C16H15BrClNO/c1-11-9-13(17)5-6-15(11)16(20)19-8-7-12-3-2-4-14(18)10-12/h2-6,9-10H,7-8H2,1H3,(H,19,20). The first-order chi connectivity index (χ1) is 9.56. The molecule has 1 N–H and O–H groups in total. The molecular formula is C16H15BrClNO. The zero-order chi connectivity index (χ0) is 14.5.